The standard InChI is InChI=1S/C24H21N5O3/c1-29-15-25-14-19(23(29)31)17-7-9-18(10-8-17)24(11-12-24)26-21(30)22-28-27-20(32-22)13-16-5-3-2-4-6-16/h2-10,14-15H,11-13H2,1H3,(H,26,30). The Balaban J connectivity index is 1.30. The lowest BCUT2D eigenvalue weighted by Gasteiger charge is -2.17. The fraction of sp³-hybridized carbons (Fsp3) is 0.208. The average molecular weight is 427 g/mol. The molecule has 0 aliphatic heterocycles. The molecule has 32 heavy (non-hydrogen) atoms. The molecule has 2 aromatic carbocycles. The molecule has 1 N–H and O–H groups in total. The molecule has 2 aromatic heterocycles. The van der Waals surface area contributed by atoms with Crippen LogP contribution in [0.5, 0.6) is 0 Å². The number of carbonyl (C=O) groups excluding carboxylic acids is 1. The van der Waals surface area contributed by atoms with Gasteiger partial charge < -0.3 is 14.3 Å². The van der Waals surface area contributed by atoms with Gasteiger partial charge in [0.25, 0.3) is 5.56 Å². The van der Waals surface area contributed by atoms with E-state index in [1.165, 1.54) is 10.9 Å². The van der Waals surface area contributed by atoms with E-state index in [0.717, 1.165) is 29.5 Å². The Morgan fingerprint density at radius 1 is 1.09 bits per heavy atom. The Morgan fingerprint density at radius 3 is 2.56 bits per heavy atom. The van der Waals surface area contributed by atoms with E-state index >= 15 is 0 Å². The van der Waals surface area contributed by atoms with E-state index in [1.54, 1.807) is 13.2 Å². The van der Waals surface area contributed by atoms with Crippen LogP contribution in [0.1, 0.15) is 40.5 Å². The minimum Gasteiger partial charge on any atom is -0.417 e. The van der Waals surface area contributed by atoms with E-state index in [-0.39, 0.29) is 17.4 Å². The Labute approximate surface area is 184 Å². The first-order chi connectivity index (χ1) is 15.5. The minimum atomic E-state index is -0.455. The monoisotopic (exact) mass is 427 g/mol. The summed E-state index contributed by atoms with van der Waals surface area (Å²) in [7, 11) is 1.67. The number of hydrogen-bond acceptors (Lipinski definition) is 6. The second-order valence-electron chi connectivity index (χ2n) is 8.00. The zero-order valence-electron chi connectivity index (χ0n) is 17.5. The first-order valence-corrected chi connectivity index (χ1v) is 10.3. The zero-order chi connectivity index (χ0) is 22.1. The maximum atomic E-state index is 12.8. The molecule has 1 saturated carbocycles. The molecule has 0 spiro atoms. The minimum absolute atomic E-state index is 0.0438. The van der Waals surface area contributed by atoms with Crippen LogP contribution in [0, 0.1) is 0 Å². The predicted molar refractivity (Wildman–Crippen MR) is 117 cm³/mol. The third-order valence-corrected chi connectivity index (χ3v) is 5.70. The Hall–Kier alpha value is -4.07. The summed E-state index contributed by atoms with van der Waals surface area (Å²) in [5, 5.41) is 11.0. The molecular formula is C24H21N5O3. The van der Waals surface area contributed by atoms with Gasteiger partial charge >= 0.3 is 11.8 Å². The lowest BCUT2D eigenvalue weighted by molar-refractivity contribution is 0.0894. The topological polar surface area (TPSA) is 103 Å². The Morgan fingerprint density at radius 2 is 1.84 bits per heavy atom. The van der Waals surface area contributed by atoms with Crippen molar-refractivity contribution in [3.8, 4) is 11.1 Å². The van der Waals surface area contributed by atoms with Gasteiger partial charge in [-0.25, -0.2) is 4.98 Å². The van der Waals surface area contributed by atoms with Gasteiger partial charge in [-0.3, -0.25) is 9.59 Å². The molecule has 1 amide bonds. The summed E-state index contributed by atoms with van der Waals surface area (Å²) in [6.07, 6.45) is 5.16. The molecule has 0 radical (unpaired) electrons. The molecule has 0 atom stereocenters. The van der Waals surface area contributed by atoms with Gasteiger partial charge in [-0.1, -0.05) is 54.6 Å². The summed E-state index contributed by atoms with van der Waals surface area (Å²) < 4.78 is 7.03. The molecule has 5 rings (SSSR count). The first kappa shape index (κ1) is 19.9. The largest absolute Gasteiger partial charge is 0.417 e. The molecular weight excluding hydrogens is 406 g/mol. The summed E-state index contributed by atoms with van der Waals surface area (Å²) in [6, 6.07) is 17.4. The van der Waals surface area contributed by atoms with Crippen LogP contribution in [0.25, 0.3) is 11.1 Å². The number of nitrogens with one attached hydrogen (secondary N) is 1. The van der Waals surface area contributed by atoms with Crippen molar-refractivity contribution >= 4 is 5.91 Å². The maximum absolute atomic E-state index is 12.8. The molecule has 2 heterocycles. The van der Waals surface area contributed by atoms with Crippen LogP contribution in [0.2, 0.25) is 0 Å². The fourth-order valence-corrected chi connectivity index (χ4v) is 3.74. The van der Waals surface area contributed by atoms with E-state index in [0.29, 0.717) is 17.9 Å². The number of rotatable bonds is 6. The summed E-state index contributed by atoms with van der Waals surface area (Å²) in [6.45, 7) is 0. The van der Waals surface area contributed by atoms with Crippen LogP contribution < -0.4 is 10.9 Å². The Bertz CT molecular complexity index is 1320. The quantitative estimate of drug-likeness (QED) is 0.508. The van der Waals surface area contributed by atoms with E-state index in [4.69, 9.17) is 4.42 Å². The number of amides is 1. The van der Waals surface area contributed by atoms with Gasteiger partial charge in [0.05, 0.1) is 23.9 Å². The fourth-order valence-electron chi connectivity index (χ4n) is 3.74. The van der Waals surface area contributed by atoms with Crippen LogP contribution in [-0.4, -0.2) is 25.7 Å². The summed E-state index contributed by atoms with van der Waals surface area (Å²) in [4.78, 5) is 29.2. The van der Waals surface area contributed by atoms with Crippen molar-refractivity contribution in [3.05, 3.63) is 100 Å². The Kier molecular flexibility index (Phi) is 4.89. The van der Waals surface area contributed by atoms with Crippen molar-refractivity contribution in [2.45, 2.75) is 24.8 Å². The van der Waals surface area contributed by atoms with Crippen LogP contribution in [-0.2, 0) is 19.0 Å². The molecule has 1 aliphatic carbocycles. The number of carbonyl (C=O) groups is 1. The van der Waals surface area contributed by atoms with Crippen LogP contribution in [0.15, 0.2) is 76.3 Å². The highest BCUT2D eigenvalue weighted by atomic mass is 16.4. The highest BCUT2D eigenvalue weighted by molar-refractivity contribution is 5.90. The maximum Gasteiger partial charge on any atom is 0.309 e. The normalized spacial score (nSPS) is 14.2. The number of aryl methyl sites for hydroxylation is 1. The molecule has 0 saturated heterocycles. The van der Waals surface area contributed by atoms with E-state index in [1.807, 2.05) is 54.6 Å². The number of benzene rings is 2. The molecule has 0 unspecified atom stereocenters. The molecule has 1 fully saturated rings. The van der Waals surface area contributed by atoms with Gasteiger partial charge in [-0.2, -0.15) is 0 Å². The predicted octanol–water partition coefficient (Wildman–Crippen LogP) is 2.84. The summed E-state index contributed by atoms with van der Waals surface area (Å²) in [5.74, 6) is -0.0363. The molecule has 1 aliphatic rings. The summed E-state index contributed by atoms with van der Waals surface area (Å²) in [5.41, 5.74) is 2.76. The van der Waals surface area contributed by atoms with E-state index < -0.39 is 5.54 Å². The van der Waals surface area contributed by atoms with Crippen molar-refractivity contribution in [3.63, 3.8) is 0 Å². The number of nitrogens with zero attached hydrogens (tertiary/aromatic N) is 4. The van der Waals surface area contributed by atoms with Gasteiger partial charge in [-0.05, 0) is 29.5 Å². The second-order valence-corrected chi connectivity index (χ2v) is 8.00. The van der Waals surface area contributed by atoms with Gasteiger partial charge in [0.2, 0.25) is 5.89 Å². The zero-order valence-corrected chi connectivity index (χ0v) is 17.5. The lowest BCUT2D eigenvalue weighted by Crippen LogP contribution is -2.35. The highest BCUT2D eigenvalue weighted by Crippen LogP contribution is 2.46. The van der Waals surface area contributed by atoms with Crippen molar-refractivity contribution in [1.29, 1.82) is 0 Å². The van der Waals surface area contributed by atoms with Crippen molar-refractivity contribution in [2.75, 3.05) is 0 Å². The molecule has 8 heteroatoms. The first-order valence-electron chi connectivity index (χ1n) is 10.3. The van der Waals surface area contributed by atoms with Gasteiger partial charge in [0, 0.05) is 13.2 Å². The van der Waals surface area contributed by atoms with Crippen molar-refractivity contribution in [1.82, 2.24) is 25.1 Å². The summed E-state index contributed by atoms with van der Waals surface area (Å²) >= 11 is 0. The average Bonchev–Trinajstić information content (AvgIpc) is 3.44. The number of aromatic nitrogens is 4. The molecule has 4 aromatic rings. The van der Waals surface area contributed by atoms with Crippen LogP contribution in [0.3, 0.4) is 0 Å². The van der Waals surface area contributed by atoms with Crippen LogP contribution in [0.4, 0.5) is 0 Å². The third kappa shape index (κ3) is 3.82. The van der Waals surface area contributed by atoms with Crippen molar-refractivity contribution < 1.29 is 9.21 Å². The van der Waals surface area contributed by atoms with Gasteiger partial charge in [0.1, 0.15) is 0 Å². The lowest BCUT2D eigenvalue weighted by atomic mass is 10.0. The molecule has 8 nitrogen and oxygen atoms in total. The van der Waals surface area contributed by atoms with Crippen molar-refractivity contribution in [2.24, 2.45) is 7.05 Å². The third-order valence-electron chi connectivity index (χ3n) is 5.70. The van der Waals surface area contributed by atoms with Gasteiger partial charge in [0.15, 0.2) is 0 Å². The molecule has 0 bridgehead atoms. The SMILES string of the molecule is Cn1cncc(-c2ccc(C3(NC(=O)c4nnc(Cc5ccccc5)o4)CC3)cc2)c1=O. The van der Waals surface area contributed by atoms with Gasteiger partial charge in [-0.15, -0.1) is 10.2 Å². The highest BCUT2D eigenvalue weighted by Gasteiger charge is 2.46. The van der Waals surface area contributed by atoms with Crippen LogP contribution >= 0.6 is 0 Å². The molecule has 160 valence electrons. The second kappa shape index (κ2) is 7.88. The van der Waals surface area contributed by atoms with E-state index in [2.05, 4.69) is 20.5 Å². The van der Waals surface area contributed by atoms with E-state index in [9.17, 15) is 9.59 Å². The smallest absolute Gasteiger partial charge is 0.309 e. The number of hydrogen-bond donors (Lipinski definition) is 1.